The maximum absolute atomic E-state index is 13.2. The highest BCUT2D eigenvalue weighted by molar-refractivity contribution is 7.13. The number of benzene rings is 2. The van der Waals surface area contributed by atoms with E-state index in [1.54, 1.807) is 29.0 Å². The van der Waals surface area contributed by atoms with Gasteiger partial charge in [0.25, 0.3) is 5.91 Å². The maximum atomic E-state index is 13.2. The van der Waals surface area contributed by atoms with Gasteiger partial charge in [-0.1, -0.05) is 42.0 Å². The van der Waals surface area contributed by atoms with Gasteiger partial charge in [0, 0.05) is 30.4 Å². The molecule has 0 N–H and O–H groups in total. The van der Waals surface area contributed by atoms with Gasteiger partial charge >= 0.3 is 0 Å². The average molecular weight is 374 g/mol. The molecule has 0 bridgehead atoms. The Morgan fingerprint density at radius 3 is 2.63 bits per heavy atom. The van der Waals surface area contributed by atoms with Crippen molar-refractivity contribution in [2.75, 3.05) is 11.9 Å². The van der Waals surface area contributed by atoms with Crippen molar-refractivity contribution in [1.29, 1.82) is 0 Å². The number of carbonyl (C=O) groups is 1. The Labute approximate surface area is 161 Å². The Morgan fingerprint density at radius 1 is 1.11 bits per heavy atom. The Balaban J connectivity index is 1.83. The maximum Gasteiger partial charge on any atom is 0.263 e. The van der Waals surface area contributed by atoms with Crippen molar-refractivity contribution >= 4 is 22.4 Å². The monoisotopic (exact) mass is 374 g/mol. The molecule has 0 aliphatic heterocycles. The van der Waals surface area contributed by atoms with E-state index < -0.39 is 0 Å². The highest BCUT2D eigenvalue weighted by Gasteiger charge is 2.23. The Hall–Kier alpha value is -3.25. The zero-order valence-electron chi connectivity index (χ0n) is 15.0. The third-order valence-electron chi connectivity index (χ3n) is 4.27. The Kier molecular flexibility index (Phi) is 4.56. The zero-order chi connectivity index (χ0) is 18.8. The van der Waals surface area contributed by atoms with E-state index in [9.17, 15) is 4.79 Å². The molecule has 0 saturated heterocycles. The molecule has 0 unspecified atom stereocenters. The third kappa shape index (κ3) is 3.39. The SMILES string of the molecule is Cc1cccc(-c2nn(-c3ccccc3)cc2C(=O)N(C)c2nccs2)c1. The number of amides is 1. The molecule has 2 aromatic carbocycles. The summed E-state index contributed by atoms with van der Waals surface area (Å²) in [7, 11) is 1.74. The summed E-state index contributed by atoms with van der Waals surface area (Å²) in [4.78, 5) is 19.0. The standard InChI is InChI=1S/C21H18N4OS/c1-15-7-6-8-16(13-15)19-18(20(26)24(2)21-22-11-12-27-21)14-25(23-19)17-9-4-3-5-10-17/h3-14H,1-2H3. The van der Waals surface area contributed by atoms with Crippen molar-refractivity contribution in [1.82, 2.24) is 14.8 Å². The van der Waals surface area contributed by atoms with E-state index in [-0.39, 0.29) is 5.91 Å². The molecule has 4 rings (SSSR count). The van der Waals surface area contributed by atoms with Crippen LogP contribution in [0.5, 0.6) is 0 Å². The minimum Gasteiger partial charge on any atom is -0.287 e. The number of carbonyl (C=O) groups excluding carboxylic acids is 1. The Morgan fingerprint density at radius 2 is 1.93 bits per heavy atom. The zero-order valence-corrected chi connectivity index (χ0v) is 15.9. The molecule has 1 amide bonds. The van der Waals surface area contributed by atoms with Gasteiger partial charge in [0.2, 0.25) is 0 Å². The number of para-hydroxylation sites is 1. The quantitative estimate of drug-likeness (QED) is 0.525. The lowest BCUT2D eigenvalue weighted by Gasteiger charge is -2.13. The summed E-state index contributed by atoms with van der Waals surface area (Å²) in [5.41, 5.74) is 4.15. The summed E-state index contributed by atoms with van der Waals surface area (Å²) in [6.45, 7) is 2.03. The number of anilines is 1. The fourth-order valence-corrected chi connectivity index (χ4v) is 3.50. The normalized spacial score (nSPS) is 10.7. The summed E-state index contributed by atoms with van der Waals surface area (Å²) < 4.78 is 1.75. The molecule has 27 heavy (non-hydrogen) atoms. The van der Waals surface area contributed by atoms with Crippen LogP contribution < -0.4 is 4.90 Å². The van der Waals surface area contributed by atoms with Crippen molar-refractivity contribution in [3.8, 4) is 16.9 Å². The van der Waals surface area contributed by atoms with Gasteiger partial charge in [-0.2, -0.15) is 5.10 Å². The Bertz CT molecular complexity index is 1070. The molecule has 2 aromatic heterocycles. The number of hydrogen-bond acceptors (Lipinski definition) is 4. The topological polar surface area (TPSA) is 51.0 Å². The number of aromatic nitrogens is 3. The number of aryl methyl sites for hydroxylation is 1. The summed E-state index contributed by atoms with van der Waals surface area (Å²) in [6.07, 6.45) is 3.48. The van der Waals surface area contributed by atoms with Gasteiger partial charge in [0.15, 0.2) is 5.13 Å². The van der Waals surface area contributed by atoms with Crippen LogP contribution in [0.4, 0.5) is 5.13 Å². The molecule has 0 radical (unpaired) electrons. The number of thiazole rings is 1. The molecule has 0 saturated carbocycles. The first-order valence-electron chi connectivity index (χ1n) is 8.53. The van der Waals surface area contributed by atoms with Gasteiger partial charge in [0.1, 0.15) is 5.69 Å². The van der Waals surface area contributed by atoms with Crippen LogP contribution in [-0.4, -0.2) is 27.7 Å². The summed E-state index contributed by atoms with van der Waals surface area (Å²) >= 11 is 1.43. The number of hydrogen-bond donors (Lipinski definition) is 0. The molecular weight excluding hydrogens is 356 g/mol. The van der Waals surface area contributed by atoms with E-state index in [2.05, 4.69) is 4.98 Å². The van der Waals surface area contributed by atoms with Crippen LogP contribution in [0.3, 0.4) is 0 Å². The molecule has 0 aliphatic rings. The van der Waals surface area contributed by atoms with Gasteiger partial charge in [-0.05, 0) is 25.1 Å². The van der Waals surface area contributed by atoms with Crippen molar-refractivity contribution in [3.63, 3.8) is 0 Å². The van der Waals surface area contributed by atoms with Crippen LogP contribution in [0, 0.1) is 6.92 Å². The predicted molar refractivity (Wildman–Crippen MR) is 109 cm³/mol. The molecule has 2 heterocycles. The minimum atomic E-state index is -0.136. The van der Waals surface area contributed by atoms with Crippen molar-refractivity contribution in [2.24, 2.45) is 0 Å². The third-order valence-corrected chi connectivity index (χ3v) is 5.12. The molecule has 0 atom stereocenters. The molecule has 6 heteroatoms. The van der Waals surface area contributed by atoms with Crippen LogP contribution >= 0.6 is 11.3 Å². The van der Waals surface area contributed by atoms with Crippen LogP contribution in [0.15, 0.2) is 72.4 Å². The summed E-state index contributed by atoms with van der Waals surface area (Å²) in [5, 5.41) is 7.24. The molecule has 4 aromatic rings. The van der Waals surface area contributed by atoms with E-state index >= 15 is 0 Å². The summed E-state index contributed by atoms with van der Waals surface area (Å²) in [5.74, 6) is -0.136. The van der Waals surface area contributed by atoms with Gasteiger partial charge in [-0.3, -0.25) is 9.69 Å². The lowest BCUT2D eigenvalue weighted by Crippen LogP contribution is -2.26. The fourth-order valence-electron chi connectivity index (χ4n) is 2.90. The number of rotatable bonds is 4. The second-order valence-corrected chi connectivity index (χ2v) is 7.09. The summed E-state index contributed by atoms with van der Waals surface area (Å²) in [6, 6.07) is 17.8. The average Bonchev–Trinajstić information content (AvgIpc) is 3.38. The van der Waals surface area contributed by atoms with Crippen molar-refractivity contribution < 1.29 is 4.79 Å². The van der Waals surface area contributed by atoms with Crippen LogP contribution in [0.25, 0.3) is 16.9 Å². The first-order chi connectivity index (χ1) is 13.1. The van der Waals surface area contributed by atoms with E-state index in [1.807, 2.05) is 66.9 Å². The lowest BCUT2D eigenvalue weighted by molar-refractivity contribution is 0.0993. The minimum absolute atomic E-state index is 0.136. The van der Waals surface area contributed by atoms with Gasteiger partial charge in [-0.15, -0.1) is 11.3 Å². The van der Waals surface area contributed by atoms with E-state index in [1.165, 1.54) is 11.3 Å². The second kappa shape index (κ2) is 7.17. The molecular formula is C21H18N4OS. The molecule has 0 fully saturated rings. The largest absolute Gasteiger partial charge is 0.287 e. The highest BCUT2D eigenvalue weighted by Crippen LogP contribution is 2.27. The van der Waals surface area contributed by atoms with Gasteiger partial charge in [0.05, 0.1) is 11.3 Å². The first-order valence-corrected chi connectivity index (χ1v) is 9.41. The molecule has 0 aliphatic carbocycles. The smallest absolute Gasteiger partial charge is 0.263 e. The van der Waals surface area contributed by atoms with E-state index in [0.29, 0.717) is 16.4 Å². The highest BCUT2D eigenvalue weighted by atomic mass is 32.1. The molecule has 134 valence electrons. The van der Waals surface area contributed by atoms with E-state index in [0.717, 1.165) is 16.8 Å². The van der Waals surface area contributed by atoms with Crippen molar-refractivity contribution in [3.05, 3.63) is 83.5 Å². The molecule has 5 nitrogen and oxygen atoms in total. The van der Waals surface area contributed by atoms with Crippen LogP contribution in [0.2, 0.25) is 0 Å². The number of nitrogens with zero attached hydrogens (tertiary/aromatic N) is 4. The fraction of sp³-hybridized carbons (Fsp3) is 0.0952. The van der Waals surface area contributed by atoms with Crippen molar-refractivity contribution in [2.45, 2.75) is 6.92 Å². The first kappa shape index (κ1) is 17.2. The van der Waals surface area contributed by atoms with Gasteiger partial charge in [-0.25, -0.2) is 9.67 Å². The van der Waals surface area contributed by atoms with Crippen LogP contribution in [-0.2, 0) is 0 Å². The lowest BCUT2D eigenvalue weighted by atomic mass is 10.1. The van der Waals surface area contributed by atoms with Gasteiger partial charge < -0.3 is 0 Å². The predicted octanol–water partition coefficient (Wildman–Crippen LogP) is 4.58. The molecule has 0 spiro atoms. The second-order valence-electron chi connectivity index (χ2n) is 6.22. The van der Waals surface area contributed by atoms with E-state index in [4.69, 9.17) is 5.10 Å². The van der Waals surface area contributed by atoms with Crippen LogP contribution in [0.1, 0.15) is 15.9 Å².